The molecule has 4 heteroatoms. The highest BCUT2D eigenvalue weighted by atomic mass is 16.1. The smallest absolute Gasteiger partial charge is 0.251 e. The quantitative estimate of drug-likeness (QED) is 0.746. The third kappa shape index (κ3) is 4.02. The van der Waals surface area contributed by atoms with E-state index in [-0.39, 0.29) is 11.9 Å². The predicted molar refractivity (Wildman–Crippen MR) is 104 cm³/mol. The molecule has 26 heavy (non-hydrogen) atoms. The number of aromatic nitrogens is 2. The molecular weight excluding hydrogens is 322 g/mol. The maximum absolute atomic E-state index is 12.6. The minimum atomic E-state index is -0.0529. The standard InChI is InChI=1S/C22H25N3O/c1-15-5-10-21(16(2)13-15)17(3)24-22(26)20-8-6-19(7-9-20)14-25-12-11-23-18(25)4/h5-13,17H,14H2,1-4H3,(H,24,26)/t17-/m0/s1. The van der Waals surface area contributed by atoms with Crippen LogP contribution in [0.3, 0.4) is 0 Å². The van der Waals surface area contributed by atoms with E-state index in [0.29, 0.717) is 5.56 Å². The average molecular weight is 347 g/mol. The van der Waals surface area contributed by atoms with Gasteiger partial charge in [-0.2, -0.15) is 0 Å². The van der Waals surface area contributed by atoms with E-state index in [4.69, 9.17) is 0 Å². The van der Waals surface area contributed by atoms with Crippen molar-refractivity contribution in [3.63, 3.8) is 0 Å². The number of benzene rings is 2. The lowest BCUT2D eigenvalue weighted by molar-refractivity contribution is 0.0940. The summed E-state index contributed by atoms with van der Waals surface area (Å²) < 4.78 is 2.08. The number of hydrogen-bond donors (Lipinski definition) is 1. The number of rotatable bonds is 5. The summed E-state index contributed by atoms with van der Waals surface area (Å²) in [5.41, 5.74) is 5.39. The summed E-state index contributed by atoms with van der Waals surface area (Å²) in [6.45, 7) is 8.92. The van der Waals surface area contributed by atoms with E-state index in [1.165, 1.54) is 11.1 Å². The van der Waals surface area contributed by atoms with E-state index in [9.17, 15) is 4.79 Å². The van der Waals surface area contributed by atoms with Crippen molar-refractivity contribution < 1.29 is 4.79 Å². The van der Waals surface area contributed by atoms with Crippen LogP contribution in [-0.2, 0) is 6.54 Å². The average Bonchev–Trinajstić information content (AvgIpc) is 3.00. The first kappa shape index (κ1) is 17.9. The van der Waals surface area contributed by atoms with E-state index in [0.717, 1.165) is 23.5 Å². The van der Waals surface area contributed by atoms with Crippen molar-refractivity contribution in [2.24, 2.45) is 0 Å². The molecule has 1 heterocycles. The van der Waals surface area contributed by atoms with Crippen LogP contribution in [0.25, 0.3) is 0 Å². The lowest BCUT2D eigenvalue weighted by Crippen LogP contribution is -2.27. The SMILES string of the molecule is Cc1ccc([C@H](C)NC(=O)c2ccc(Cn3ccnc3C)cc2)c(C)c1. The fraction of sp³-hybridized carbons (Fsp3) is 0.273. The van der Waals surface area contributed by atoms with Gasteiger partial charge in [-0.1, -0.05) is 35.9 Å². The van der Waals surface area contributed by atoms with Crippen molar-refractivity contribution in [2.75, 3.05) is 0 Å². The molecule has 3 aromatic rings. The molecular formula is C22H25N3O. The van der Waals surface area contributed by atoms with Crippen molar-refractivity contribution in [3.8, 4) is 0 Å². The van der Waals surface area contributed by atoms with Gasteiger partial charge >= 0.3 is 0 Å². The molecule has 134 valence electrons. The van der Waals surface area contributed by atoms with Crippen LogP contribution in [0.2, 0.25) is 0 Å². The maximum atomic E-state index is 12.6. The van der Waals surface area contributed by atoms with E-state index in [2.05, 4.69) is 46.9 Å². The first-order chi connectivity index (χ1) is 12.4. The van der Waals surface area contributed by atoms with Crippen molar-refractivity contribution in [2.45, 2.75) is 40.3 Å². The number of nitrogens with one attached hydrogen (secondary N) is 1. The van der Waals surface area contributed by atoms with Gasteiger partial charge in [-0.3, -0.25) is 4.79 Å². The summed E-state index contributed by atoms with van der Waals surface area (Å²) in [5, 5.41) is 3.09. The van der Waals surface area contributed by atoms with Crippen molar-refractivity contribution in [1.29, 1.82) is 0 Å². The Hall–Kier alpha value is -2.88. The van der Waals surface area contributed by atoms with Crippen LogP contribution in [0, 0.1) is 20.8 Å². The van der Waals surface area contributed by atoms with Gasteiger partial charge in [0.25, 0.3) is 5.91 Å². The van der Waals surface area contributed by atoms with Crippen molar-refractivity contribution >= 4 is 5.91 Å². The highest BCUT2D eigenvalue weighted by Gasteiger charge is 2.13. The molecule has 3 rings (SSSR count). The zero-order valence-electron chi connectivity index (χ0n) is 15.8. The van der Waals surface area contributed by atoms with Crippen LogP contribution in [0.15, 0.2) is 54.9 Å². The van der Waals surface area contributed by atoms with Gasteiger partial charge in [-0.25, -0.2) is 4.98 Å². The number of carbonyl (C=O) groups is 1. The number of imidazole rings is 1. The van der Waals surface area contributed by atoms with E-state index in [1.807, 2.05) is 44.3 Å². The maximum Gasteiger partial charge on any atom is 0.251 e. The highest BCUT2D eigenvalue weighted by Crippen LogP contribution is 2.19. The van der Waals surface area contributed by atoms with Gasteiger partial charge in [-0.15, -0.1) is 0 Å². The summed E-state index contributed by atoms with van der Waals surface area (Å²) in [4.78, 5) is 16.8. The summed E-state index contributed by atoms with van der Waals surface area (Å²) in [6.07, 6.45) is 3.76. The van der Waals surface area contributed by atoms with Gasteiger partial charge in [0.1, 0.15) is 5.82 Å². The third-order valence-corrected chi connectivity index (χ3v) is 4.73. The van der Waals surface area contributed by atoms with Crippen LogP contribution in [0.4, 0.5) is 0 Å². The Bertz CT molecular complexity index is 909. The molecule has 0 aliphatic heterocycles. The van der Waals surface area contributed by atoms with Crippen molar-refractivity contribution in [3.05, 3.63) is 88.5 Å². The summed E-state index contributed by atoms with van der Waals surface area (Å²) in [7, 11) is 0. The number of hydrogen-bond acceptors (Lipinski definition) is 2. The molecule has 0 aliphatic carbocycles. The number of carbonyl (C=O) groups excluding carboxylic acids is 1. The lowest BCUT2D eigenvalue weighted by Gasteiger charge is -2.17. The highest BCUT2D eigenvalue weighted by molar-refractivity contribution is 5.94. The van der Waals surface area contributed by atoms with E-state index < -0.39 is 0 Å². The monoisotopic (exact) mass is 347 g/mol. The molecule has 0 spiro atoms. The van der Waals surface area contributed by atoms with Crippen molar-refractivity contribution in [1.82, 2.24) is 14.9 Å². The second-order valence-electron chi connectivity index (χ2n) is 6.85. The molecule has 1 aromatic heterocycles. The fourth-order valence-electron chi connectivity index (χ4n) is 3.20. The van der Waals surface area contributed by atoms with Gasteiger partial charge < -0.3 is 9.88 Å². The Morgan fingerprint density at radius 3 is 2.46 bits per heavy atom. The zero-order valence-corrected chi connectivity index (χ0v) is 15.8. The minimum Gasteiger partial charge on any atom is -0.346 e. The molecule has 0 fully saturated rings. The Morgan fingerprint density at radius 2 is 1.85 bits per heavy atom. The van der Waals surface area contributed by atoms with Gasteiger partial charge in [-0.05, 0) is 56.5 Å². The van der Waals surface area contributed by atoms with E-state index in [1.54, 1.807) is 6.20 Å². The van der Waals surface area contributed by atoms with Crippen LogP contribution in [0.1, 0.15) is 51.4 Å². The summed E-state index contributed by atoms with van der Waals surface area (Å²) in [5.74, 6) is 0.928. The first-order valence-corrected chi connectivity index (χ1v) is 8.88. The Morgan fingerprint density at radius 1 is 1.12 bits per heavy atom. The number of nitrogens with zero attached hydrogens (tertiary/aromatic N) is 2. The first-order valence-electron chi connectivity index (χ1n) is 8.88. The minimum absolute atomic E-state index is 0.0311. The summed E-state index contributed by atoms with van der Waals surface area (Å²) >= 11 is 0. The molecule has 0 unspecified atom stereocenters. The number of aryl methyl sites for hydroxylation is 3. The second kappa shape index (κ2) is 7.56. The van der Waals surface area contributed by atoms with Gasteiger partial charge in [0, 0.05) is 24.5 Å². The Balaban J connectivity index is 1.67. The molecule has 0 bridgehead atoms. The predicted octanol–water partition coefficient (Wildman–Crippen LogP) is 4.35. The largest absolute Gasteiger partial charge is 0.346 e. The summed E-state index contributed by atoms with van der Waals surface area (Å²) in [6, 6.07) is 14.0. The topological polar surface area (TPSA) is 46.9 Å². The molecule has 4 nitrogen and oxygen atoms in total. The normalized spacial score (nSPS) is 12.0. The molecule has 0 saturated heterocycles. The Labute approximate surface area is 154 Å². The number of amides is 1. The molecule has 1 atom stereocenters. The van der Waals surface area contributed by atoms with Gasteiger partial charge in [0.15, 0.2) is 0 Å². The van der Waals surface area contributed by atoms with Crippen LogP contribution >= 0.6 is 0 Å². The molecule has 0 saturated carbocycles. The van der Waals surface area contributed by atoms with Crippen LogP contribution < -0.4 is 5.32 Å². The molecule has 0 radical (unpaired) electrons. The van der Waals surface area contributed by atoms with Gasteiger partial charge in [0.2, 0.25) is 0 Å². The van der Waals surface area contributed by atoms with E-state index >= 15 is 0 Å². The Kier molecular flexibility index (Phi) is 5.21. The second-order valence-corrected chi connectivity index (χ2v) is 6.85. The van der Waals surface area contributed by atoms with Crippen LogP contribution in [0.5, 0.6) is 0 Å². The third-order valence-electron chi connectivity index (χ3n) is 4.73. The molecule has 1 N–H and O–H groups in total. The fourth-order valence-corrected chi connectivity index (χ4v) is 3.20. The van der Waals surface area contributed by atoms with Gasteiger partial charge in [0.05, 0.1) is 6.04 Å². The lowest BCUT2D eigenvalue weighted by atomic mass is 10.00. The zero-order chi connectivity index (χ0) is 18.7. The molecule has 1 amide bonds. The van der Waals surface area contributed by atoms with Crippen LogP contribution in [-0.4, -0.2) is 15.5 Å². The molecule has 2 aromatic carbocycles. The molecule has 0 aliphatic rings.